The highest BCUT2D eigenvalue weighted by Crippen LogP contribution is 2.36. The molecule has 0 heterocycles. The highest BCUT2D eigenvalue weighted by molar-refractivity contribution is 5.47. The number of ether oxygens (including phenoxy) is 1. The smallest absolute Gasteiger partial charge is 0.123 e. The van der Waals surface area contributed by atoms with Gasteiger partial charge in [0.25, 0.3) is 0 Å². The van der Waals surface area contributed by atoms with Crippen molar-refractivity contribution in [3.8, 4) is 5.75 Å². The first-order valence-corrected chi connectivity index (χ1v) is 6.92. The lowest BCUT2D eigenvalue weighted by atomic mass is 10.1. The second kappa shape index (κ2) is 4.81. The van der Waals surface area contributed by atoms with E-state index >= 15 is 0 Å². The number of hydrogen-bond acceptors (Lipinski definition) is 3. The van der Waals surface area contributed by atoms with Crippen molar-refractivity contribution in [2.45, 2.75) is 38.3 Å². The van der Waals surface area contributed by atoms with Crippen LogP contribution in [0.15, 0.2) is 18.2 Å². The molecule has 0 radical (unpaired) electrons. The average Bonchev–Trinajstić information content (AvgIpc) is 3.22. The number of methoxy groups -OCH3 is 1. The number of nitrogens with two attached hydrogens (primary N) is 1. The fraction of sp³-hybridized carbons (Fsp3) is 0.600. The zero-order chi connectivity index (χ0) is 12.5. The van der Waals surface area contributed by atoms with Crippen LogP contribution < -0.4 is 10.5 Å². The third-order valence-corrected chi connectivity index (χ3v) is 3.93. The third kappa shape index (κ3) is 2.78. The molecule has 0 spiro atoms. The quantitative estimate of drug-likeness (QED) is 0.784. The van der Waals surface area contributed by atoms with Gasteiger partial charge in [0.05, 0.1) is 7.11 Å². The van der Waals surface area contributed by atoms with Crippen LogP contribution in [0.25, 0.3) is 0 Å². The molecule has 2 saturated carbocycles. The van der Waals surface area contributed by atoms with Gasteiger partial charge in [-0.15, -0.1) is 0 Å². The van der Waals surface area contributed by atoms with Gasteiger partial charge in [0.1, 0.15) is 5.75 Å². The van der Waals surface area contributed by atoms with Crippen LogP contribution in [-0.4, -0.2) is 24.6 Å². The molecule has 2 aliphatic carbocycles. The fourth-order valence-electron chi connectivity index (χ4n) is 2.56. The predicted octanol–water partition coefficient (Wildman–Crippen LogP) is 2.65. The number of rotatable bonds is 6. The molecule has 1 aromatic carbocycles. The van der Waals surface area contributed by atoms with E-state index in [0.29, 0.717) is 0 Å². The summed E-state index contributed by atoms with van der Waals surface area (Å²) < 4.78 is 5.44. The summed E-state index contributed by atoms with van der Waals surface area (Å²) in [6, 6.07) is 6.75. The van der Waals surface area contributed by atoms with E-state index in [0.717, 1.165) is 29.9 Å². The second-order valence-corrected chi connectivity index (χ2v) is 5.68. The van der Waals surface area contributed by atoms with E-state index in [9.17, 15) is 0 Å². The largest absolute Gasteiger partial charge is 0.496 e. The zero-order valence-electron chi connectivity index (χ0n) is 11.1. The first kappa shape index (κ1) is 11.8. The van der Waals surface area contributed by atoms with Crippen molar-refractivity contribution in [1.29, 1.82) is 0 Å². The Kier molecular flexibility index (Phi) is 3.16. The van der Waals surface area contributed by atoms with Crippen LogP contribution in [0.2, 0.25) is 0 Å². The third-order valence-electron chi connectivity index (χ3n) is 3.93. The lowest BCUT2D eigenvalue weighted by Gasteiger charge is -2.23. The van der Waals surface area contributed by atoms with Crippen molar-refractivity contribution in [3.63, 3.8) is 0 Å². The summed E-state index contributed by atoms with van der Waals surface area (Å²) in [5.41, 5.74) is 7.94. The first-order valence-electron chi connectivity index (χ1n) is 6.92. The molecule has 3 heteroatoms. The lowest BCUT2D eigenvalue weighted by Crippen LogP contribution is -2.28. The van der Waals surface area contributed by atoms with Gasteiger partial charge in [-0.25, -0.2) is 0 Å². The van der Waals surface area contributed by atoms with Gasteiger partial charge in [-0.1, -0.05) is 0 Å². The normalized spacial score (nSPS) is 19.2. The molecule has 0 aliphatic heterocycles. The van der Waals surface area contributed by atoms with Gasteiger partial charge < -0.3 is 10.5 Å². The minimum absolute atomic E-state index is 0.803. The molecule has 1 aromatic rings. The first-order chi connectivity index (χ1) is 8.76. The summed E-state index contributed by atoms with van der Waals surface area (Å²) in [4.78, 5) is 2.62. The van der Waals surface area contributed by atoms with E-state index < -0.39 is 0 Å². The van der Waals surface area contributed by atoms with Crippen molar-refractivity contribution >= 4 is 5.69 Å². The van der Waals surface area contributed by atoms with Gasteiger partial charge in [0.2, 0.25) is 0 Å². The Labute approximate surface area is 109 Å². The standard InChI is InChI=1S/C15H22N2O/c1-18-15-7-4-13(16)8-12(15)10-17(14-5-6-14)9-11-2-3-11/h4,7-8,11,14H,2-3,5-6,9-10,16H2,1H3. The summed E-state index contributed by atoms with van der Waals surface area (Å²) in [6.45, 7) is 2.23. The zero-order valence-corrected chi connectivity index (χ0v) is 11.1. The van der Waals surface area contributed by atoms with Gasteiger partial charge in [-0.3, -0.25) is 4.90 Å². The Morgan fingerprint density at radius 1 is 1.28 bits per heavy atom. The molecular weight excluding hydrogens is 224 g/mol. The molecule has 3 nitrogen and oxygen atoms in total. The molecule has 0 atom stereocenters. The van der Waals surface area contributed by atoms with Gasteiger partial charge in [-0.2, -0.15) is 0 Å². The van der Waals surface area contributed by atoms with Crippen molar-refractivity contribution in [2.24, 2.45) is 5.92 Å². The number of benzene rings is 1. The van der Waals surface area contributed by atoms with Gasteiger partial charge in [-0.05, 0) is 49.8 Å². The molecule has 2 aliphatic rings. The molecular formula is C15H22N2O. The summed E-state index contributed by atoms with van der Waals surface area (Å²) >= 11 is 0. The van der Waals surface area contributed by atoms with Crippen LogP contribution in [-0.2, 0) is 6.54 Å². The monoisotopic (exact) mass is 246 g/mol. The maximum atomic E-state index is 5.89. The van der Waals surface area contributed by atoms with E-state index in [4.69, 9.17) is 10.5 Å². The molecule has 0 aromatic heterocycles. The van der Waals surface area contributed by atoms with Crippen molar-refractivity contribution < 1.29 is 4.74 Å². The predicted molar refractivity (Wildman–Crippen MR) is 73.6 cm³/mol. The van der Waals surface area contributed by atoms with E-state index in [1.807, 2.05) is 12.1 Å². The van der Waals surface area contributed by atoms with Crippen molar-refractivity contribution in [2.75, 3.05) is 19.4 Å². The lowest BCUT2D eigenvalue weighted by molar-refractivity contribution is 0.240. The van der Waals surface area contributed by atoms with Crippen LogP contribution in [0.4, 0.5) is 5.69 Å². The number of nitrogens with zero attached hydrogens (tertiary/aromatic N) is 1. The number of hydrogen-bond donors (Lipinski definition) is 1. The average molecular weight is 246 g/mol. The molecule has 0 saturated heterocycles. The van der Waals surface area contributed by atoms with Crippen LogP contribution in [0.3, 0.4) is 0 Å². The van der Waals surface area contributed by atoms with E-state index in [2.05, 4.69) is 11.0 Å². The van der Waals surface area contributed by atoms with E-state index in [-0.39, 0.29) is 0 Å². The van der Waals surface area contributed by atoms with E-state index in [1.165, 1.54) is 37.8 Å². The van der Waals surface area contributed by atoms with Crippen LogP contribution in [0.1, 0.15) is 31.2 Å². The summed E-state index contributed by atoms with van der Waals surface area (Å²) in [5.74, 6) is 1.91. The summed E-state index contributed by atoms with van der Waals surface area (Å²) in [7, 11) is 1.73. The highest BCUT2D eigenvalue weighted by Gasteiger charge is 2.33. The SMILES string of the molecule is COc1ccc(N)cc1CN(CC1CC1)C1CC1. The topological polar surface area (TPSA) is 38.5 Å². The van der Waals surface area contributed by atoms with Crippen molar-refractivity contribution in [1.82, 2.24) is 4.90 Å². The Bertz CT molecular complexity index is 425. The van der Waals surface area contributed by atoms with Crippen molar-refractivity contribution in [3.05, 3.63) is 23.8 Å². The fourth-order valence-corrected chi connectivity index (χ4v) is 2.56. The minimum atomic E-state index is 0.803. The van der Waals surface area contributed by atoms with Crippen LogP contribution in [0, 0.1) is 5.92 Å². The Morgan fingerprint density at radius 3 is 2.67 bits per heavy atom. The maximum absolute atomic E-state index is 5.89. The molecule has 0 bridgehead atoms. The molecule has 0 unspecified atom stereocenters. The summed E-state index contributed by atoms with van der Waals surface area (Å²) in [6.07, 6.45) is 5.54. The van der Waals surface area contributed by atoms with Gasteiger partial charge >= 0.3 is 0 Å². The van der Waals surface area contributed by atoms with Gasteiger partial charge in [0.15, 0.2) is 0 Å². The molecule has 2 N–H and O–H groups in total. The second-order valence-electron chi connectivity index (χ2n) is 5.68. The molecule has 18 heavy (non-hydrogen) atoms. The van der Waals surface area contributed by atoms with Crippen LogP contribution >= 0.6 is 0 Å². The molecule has 0 amide bonds. The Morgan fingerprint density at radius 2 is 2.06 bits per heavy atom. The molecule has 3 rings (SSSR count). The molecule has 2 fully saturated rings. The number of anilines is 1. The summed E-state index contributed by atoms with van der Waals surface area (Å²) in [5, 5.41) is 0. The highest BCUT2D eigenvalue weighted by atomic mass is 16.5. The number of nitrogen functional groups attached to an aromatic ring is 1. The molecule has 98 valence electrons. The van der Waals surface area contributed by atoms with Crippen LogP contribution in [0.5, 0.6) is 5.75 Å². The maximum Gasteiger partial charge on any atom is 0.123 e. The minimum Gasteiger partial charge on any atom is -0.496 e. The van der Waals surface area contributed by atoms with Gasteiger partial charge in [0, 0.05) is 30.4 Å². The van der Waals surface area contributed by atoms with E-state index in [1.54, 1.807) is 7.11 Å². The Balaban J connectivity index is 1.73. The Hall–Kier alpha value is -1.22.